The van der Waals surface area contributed by atoms with Crippen molar-refractivity contribution in [3.8, 4) is 0 Å². The lowest BCUT2D eigenvalue weighted by Gasteiger charge is -2.20. The van der Waals surface area contributed by atoms with Gasteiger partial charge in [0, 0.05) is 18.6 Å². The lowest BCUT2D eigenvalue weighted by molar-refractivity contribution is 0.385. The third kappa shape index (κ3) is 4.35. The summed E-state index contributed by atoms with van der Waals surface area (Å²) in [5.41, 5.74) is 16.9. The molecule has 3 heteroatoms. The van der Waals surface area contributed by atoms with Crippen molar-refractivity contribution in [3.05, 3.63) is 0 Å². The average Bonchev–Trinajstić information content (AvgIpc) is 2.02. The number of nitrogens with two attached hydrogens (primary N) is 3. The van der Waals surface area contributed by atoms with Crippen molar-refractivity contribution in [1.82, 2.24) is 0 Å². The maximum absolute atomic E-state index is 5.82. The Morgan fingerprint density at radius 1 is 1.27 bits per heavy atom. The molecule has 0 rings (SSSR count). The van der Waals surface area contributed by atoms with Crippen LogP contribution in [-0.4, -0.2) is 18.6 Å². The zero-order valence-electron chi connectivity index (χ0n) is 7.59. The maximum Gasteiger partial charge on any atom is 0.0166 e. The summed E-state index contributed by atoms with van der Waals surface area (Å²) in [7, 11) is 0. The van der Waals surface area contributed by atoms with E-state index >= 15 is 0 Å². The SMILES string of the molecule is CCC(N)C(C)C[C@@H](N)CN. The largest absolute Gasteiger partial charge is 0.329 e. The highest BCUT2D eigenvalue weighted by molar-refractivity contribution is 4.73. The van der Waals surface area contributed by atoms with Crippen LogP contribution in [0, 0.1) is 5.92 Å². The first kappa shape index (κ1) is 10.9. The molecule has 11 heavy (non-hydrogen) atoms. The molecule has 2 unspecified atom stereocenters. The molecule has 0 aromatic carbocycles. The first-order chi connectivity index (χ1) is 5.11. The van der Waals surface area contributed by atoms with Gasteiger partial charge in [0.15, 0.2) is 0 Å². The van der Waals surface area contributed by atoms with E-state index in [1.54, 1.807) is 0 Å². The van der Waals surface area contributed by atoms with Crippen molar-refractivity contribution in [2.75, 3.05) is 6.54 Å². The fourth-order valence-corrected chi connectivity index (χ4v) is 1.15. The molecule has 0 saturated carbocycles. The van der Waals surface area contributed by atoms with E-state index in [1.807, 2.05) is 0 Å². The van der Waals surface area contributed by atoms with Gasteiger partial charge in [-0.1, -0.05) is 13.8 Å². The lowest BCUT2D eigenvalue weighted by Crippen LogP contribution is -2.36. The van der Waals surface area contributed by atoms with Crippen LogP contribution in [0.3, 0.4) is 0 Å². The van der Waals surface area contributed by atoms with Crippen molar-refractivity contribution >= 4 is 0 Å². The van der Waals surface area contributed by atoms with E-state index in [4.69, 9.17) is 17.2 Å². The lowest BCUT2D eigenvalue weighted by atomic mass is 9.93. The monoisotopic (exact) mass is 159 g/mol. The summed E-state index contributed by atoms with van der Waals surface area (Å²) in [5.74, 6) is 0.485. The van der Waals surface area contributed by atoms with Gasteiger partial charge in [0.2, 0.25) is 0 Å². The van der Waals surface area contributed by atoms with Crippen LogP contribution in [-0.2, 0) is 0 Å². The molecule has 68 valence electrons. The molecule has 0 radical (unpaired) electrons. The molecule has 6 N–H and O–H groups in total. The van der Waals surface area contributed by atoms with Crippen LogP contribution in [0.4, 0.5) is 0 Å². The van der Waals surface area contributed by atoms with Crippen molar-refractivity contribution < 1.29 is 0 Å². The van der Waals surface area contributed by atoms with Gasteiger partial charge in [-0.3, -0.25) is 0 Å². The van der Waals surface area contributed by atoms with Crippen LogP contribution in [0.5, 0.6) is 0 Å². The topological polar surface area (TPSA) is 78.1 Å². The van der Waals surface area contributed by atoms with Gasteiger partial charge in [-0.25, -0.2) is 0 Å². The molecule has 0 spiro atoms. The molecule has 0 saturated heterocycles. The van der Waals surface area contributed by atoms with Gasteiger partial charge in [-0.15, -0.1) is 0 Å². The fourth-order valence-electron chi connectivity index (χ4n) is 1.15. The Labute approximate surface area is 69.3 Å². The predicted octanol–water partition coefficient (Wildman–Crippen LogP) is 0.0359. The predicted molar refractivity (Wildman–Crippen MR) is 49.1 cm³/mol. The number of hydrogen-bond acceptors (Lipinski definition) is 3. The molecule has 0 fully saturated rings. The van der Waals surface area contributed by atoms with Crippen molar-refractivity contribution in [3.63, 3.8) is 0 Å². The van der Waals surface area contributed by atoms with Crippen LogP contribution in [0.1, 0.15) is 26.7 Å². The summed E-state index contributed by atoms with van der Waals surface area (Å²) in [4.78, 5) is 0. The minimum absolute atomic E-state index is 0.114. The second-order valence-corrected chi connectivity index (χ2v) is 3.28. The van der Waals surface area contributed by atoms with Gasteiger partial charge in [-0.2, -0.15) is 0 Å². The van der Waals surface area contributed by atoms with Crippen molar-refractivity contribution in [2.24, 2.45) is 23.1 Å². The zero-order valence-corrected chi connectivity index (χ0v) is 7.59. The normalized spacial score (nSPS) is 19.4. The number of hydrogen-bond donors (Lipinski definition) is 3. The zero-order chi connectivity index (χ0) is 8.85. The van der Waals surface area contributed by atoms with Gasteiger partial charge in [0.25, 0.3) is 0 Å². The first-order valence-corrected chi connectivity index (χ1v) is 4.33. The highest BCUT2D eigenvalue weighted by Gasteiger charge is 2.13. The van der Waals surface area contributed by atoms with E-state index in [0.717, 1.165) is 12.8 Å². The molecule has 3 nitrogen and oxygen atoms in total. The summed E-state index contributed by atoms with van der Waals surface area (Å²) in [6.45, 7) is 4.78. The highest BCUT2D eigenvalue weighted by Crippen LogP contribution is 2.09. The standard InChI is InChI=1S/C8H21N3/c1-3-8(11)6(2)4-7(10)5-9/h6-8H,3-5,9-11H2,1-2H3/t6?,7-,8?/m1/s1. The summed E-state index contributed by atoms with van der Waals surface area (Å²) in [6.07, 6.45) is 1.95. The van der Waals surface area contributed by atoms with Crippen LogP contribution < -0.4 is 17.2 Å². The van der Waals surface area contributed by atoms with E-state index in [9.17, 15) is 0 Å². The maximum atomic E-state index is 5.82. The molecule has 0 aromatic rings. The second-order valence-electron chi connectivity index (χ2n) is 3.28. The summed E-state index contributed by atoms with van der Waals surface area (Å²) in [5, 5.41) is 0. The molecule has 3 atom stereocenters. The summed E-state index contributed by atoms with van der Waals surface area (Å²) in [6, 6.07) is 0.384. The average molecular weight is 159 g/mol. The minimum Gasteiger partial charge on any atom is -0.329 e. The molecule has 0 aliphatic rings. The van der Waals surface area contributed by atoms with E-state index < -0.39 is 0 Å². The van der Waals surface area contributed by atoms with Crippen molar-refractivity contribution in [2.45, 2.75) is 38.8 Å². The van der Waals surface area contributed by atoms with E-state index in [0.29, 0.717) is 12.5 Å². The highest BCUT2D eigenvalue weighted by atomic mass is 14.7. The second kappa shape index (κ2) is 5.52. The van der Waals surface area contributed by atoms with Gasteiger partial charge in [0.1, 0.15) is 0 Å². The number of rotatable bonds is 5. The Kier molecular flexibility index (Phi) is 5.46. The van der Waals surface area contributed by atoms with Gasteiger partial charge in [0.05, 0.1) is 0 Å². The molecule has 0 amide bonds. The first-order valence-electron chi connectivity index (χ1n) is 4.33. The van der Waals surface area contributed by atoms with Crippen molar-refractivity contribution in [1.29, 1.82) is 0 Å². The van der Waals surface area contributed by atoms with E-state index in [2.05, 4.69) is 13.8 Å². The third-order valence-electron chi connectivity index (χ3n) is 2.18. The molecule has 0 heterocycles. The third-order valence-corrected chi connectivity index (χ3v) is 2.18. The van der Waals surface area contributed by atoms with Crippen LogP contribution >= 0.6 is 0 Å². The Morgan fingerprint density at radius 2 is 1.82 bits per heavy atom. The Hall–Kier alpha value is -0.120. The fraction of sp³-hybridized carbons (Fsp3) is 1.00. The molecular formula is C8H21N3. The summed E-state index contributed by atoms with van der Waals surface area (Å²) < 4.78 is 0. The Morgan fingerprint density at radius 3 is 2.18 bits per heavy atom. The van der Waals surface area contributed by atoms with Crippen LogP contribution in [0.25, 0.3) is 0 Å². The summed E-state index contributed by atoms with van der Waals surface area (Å²) >= 11 is 0. The smallest absolute Gasteiger partial charge is 0.0166 e. The molecule has 0 aliphatic heterocycles. The molecule has 0 bridgehead atoms. The van der Waals surface area contributed by atoms with Gasteiger partial charge in [-0.05, 0) is 18.8 Å². The van der Waals surface area contributed by atoms with Crippen LogP contribution in [0.2, 0.25) is 0 Å². The molecular weight excluding hydrogens is 138 g/mol. The van der Waals surface area contributed by atoms with Crippen LogP contribution in [0.15, 0.2) is 0 Å². The molecule has 0 aromatic heterocycles. The minimum atomic E-state index is 0.114. The molecule has 0 aliphatic carbocycles. The van der Waals surface area contributed by atoms with E-state index in [1.165, 1.54) is 0 Å². The Balaban J connectivity index is 3.58. The van der Waals surface area contributed by atoms with Gasteiger partial charge >= 0.3 is 0 Å². The Bertz CT molecular complexity index is 95.3. The van der Waals surface area contributed by atoms with E-state index in [-0.39, 0.29) is 12.1 Å². The van der Waals surface area contributed by atoms with Gasteiger partial charge < -0.3 is 17.2 Å². The quantitative estimate of drug-likeness (QED) is 0.530.